The summed E-state index contributed by atoms with van der Waals surface area (Å²) < 4.78 is 0. The molecule has 1 heterocycles. The molecular weight excluding hydrogens is 216 g/mol. The fourth-order valence-corrected chi connectivity index (χ4v) is 2.40. The van der Waals surface area contributed by atoms with E-state index in [9.17, 15) is 0 Å². The zero-order valence-electron chi connectivity index (χ0n) is 10.1. The Morgan fingerprint density at radius 3 is 2.94 bits per heavy atom. The molecule has 0 aliphatic rings. The molecule has 0 saturated heterocycles. The second kappa shape index (κ2) is 7.45. The number of rotatable bonds is 5. The molecular formula is C13H20N2S. The zero-order chi connectivity index (χ0) is 11.8. The number of thiophene rings is 1. The van der Waals surface area contributed by atoms with E-state index in [1.165, 1.54) is 17.7 Å². The number of nitrogens with two attached hydrogens (primary N) is 1. The highest BCUT2D eigenvalue weighted by molar-refractivity contribution is 7.12. The quantitative estimate of drug-likeness (QED) is 0.795. The van der Waals surface area contributed by atoms with Crippen molar-refractivity contribution < 1.29 is 0 Å². The van der Waals surface area contributed by atoms with Crippen molar-refractivity contribution in [3.63, 3.8) is 0 Å². The lowest BCUT2D eigenvalue weighted by atomic mass is 10.3. The maximum Gasteiger partial charge on any atom is 0.0772 e. The van der Waals surface area contributed by atoms with Gasteiger partial charge < -0.3 is 10.6 Å². The average molecular weight is 236 g/mol. The Morgan fingerprint density at radius 2 is 2.25 bits per heavy atom. The highest BCUT2D eigenvalue weighted by Crippen LogP contribution is 2.17. The lowest BCUT2D eigenvalue weighted by molar-refractivity contribution is 0.323. The fraction of sp³-hybridized carbons (Fsp3) is 0.538. The van der Waals surface area contributed by atoms with Crippen LogP contribution in [0.5, 0.6) is 0 Å². The van der Waals surface area contributed by atoms with E-state index in [1.54, 1.807) is 11.3 Å². The van der Waals surface area contributed by atoms with Gasteiger partial charge in [0.2, 0.25) is 0 Å². The molecule has 0 fully saturated rings. The molecule has 0 unspecified atom stereocenters. The van der Waals surface area contributed by atoms with Gasteiger partial charge in [0, 0.05) is 11.4 Å². The molecule has 0 aromatic carbocycles. The van der Waals surface area contributed by atoms with Crippen molar-refractivity contribution in [2.24, 2.45) is 5.73 Å². The summed E-state index contributed by atoms with van der Waals surface area (Å²) in [5, 5.41) is 0. The summed E-state index contributed by atoms with van der Waals surface area (Å²) in [5.74, 6) is 5.95. The van der Waals surface area contributed by atoms with E-state index in [1.807, 2.05) is 0 Å². The standard InChI is InChI=1S/C13H20N2S/c1-3-4-10-15(2)11-13-8-7-12(16-13)6-5-9-14/h7-8H,3-4,9-11,14H2,1-2H3. The molecule has 0 saturated carbocycles. The summed E-state index contributed by atoms with van der Waals surface area (Å²) in [5.41, 5.74) is 5.34. The SMILES string of the molecule is CCCCN(C)Cc1ccc(C#CCN)s1. The first-order chi connectivity index (χ1) is 7.76. The van der Waals surface area contributed by atoms with Gasteiger partial charge in [-0.3, -0.25) is 0 Å². The Morgan fingerprint density at radius 1 is 1.44 bits per heavy atom. The van der Waals surface area contributed by atoms with E-state index in [0.717, 1.165) is 18.0 Å². The highest BCUT2D eigenvalue weighted by Gasteiger charge is 2.02. The normalized spacial score (nSPS) is 10.2. The van der Waals surface area contributed by atoms with Crippen molar-refractivity contribution in [3.8, 4) is 11.8 Å². The van der Waals surface area contributed by atoms with Gasteiger partial charge in [0.25, 0.3) is 0 Å². The molecule has 0 aliphatic heterocycles. The van der Waals surface area contributed by atoms with Gasteiger partial charge in [0.05, 0.1) is 11.4 Å². The van der Waals surface area contributed by atoms with Crippen LogP contribution in [0.4, 0.5) is 0 Å². The van der Waals surface area contributed by atoms with Crippen LogP contribution in [0, 0.1) is 11.8 Å². The molecule has 3 heteroatoms. The summed E-state index contributed by atoms with van der Waals surface area (Å²) in [7, 11) is 2.17. The summed E-state index contributed by atoms with van der Waals surface area (Å²) in [6, 6.07) is 4.24. The van der Waals surface area contributed by atoms with Gasteiger partial charge in [-0.1, -0.05) is 25.2 Å². The third kappa shape index (κ3) is 4.80. The van der Waals surface area contributed by atoms with Crippen LogP contribution in [0.2, 0.25) is 0 Å². The third-order valence-electron chi connectivity index (χ3n) is 2.29. The Balaban J connectivity index is 2.45. The predicted molar refractivity (Wildman–Crippen MR) is 71.5 cm³/mol. The highest BCUT2D eigenvalue weighted by atomic mass is 32.1. The first kappa shape index (κ1) is 13.2. The van der Waals surface area contributed by atoms with Gasteiger partial charge in [-0.05, 0) is 32.1 Å². The van der Waals surface area contributed by atoms with Crippen molar-refractivity contribution in [3.05, 3.63) is 21.9 Å². The molecule has 88 valence electrons. The predicted octanol–water partition coefficient (Wildman–Crippen LogP) is 2.29. The molecule has 0 aliphatic carbocycles. The van der Waals surface area contributed by atoms with Crippen molar-refractivity contribution in [1.82, 2.24) is 4.90 Å². The molecule has 1 rings (SSSR count). The maximum absolute atomic E-state index is 5.34. The lowest BCUT2D eigenvalue weighted by Crippen LogP contribution is -2.18. The Hall–Kier alpha value is -0.820. The zero-order valence-corrected chi connectivity index (χ0v) is 10.9. The largest absolute Gasteiger partial charge is 0.320 e. The molecule has 1 aromatic heterocycles. The van der Waals surface area contributed by atoms with Crippen molar-refractivity contribution >= 4 is 11.3 Å². The summed E-state index contributed by atoms with van der Waals surface area (Å²) in [6.07, 6.45) is 2.52. The van der Waals surface area contributed by atoms with Crippen LogP contribution in [0.3, 0.4) is 0 Å². The summed E-state index contributed by atoms with van der Waals surface area (Å²) in [4.78, 5) is 4.85. The molecule has 2 N–H and O–H groups in total. The topological polar surface area (TPSA) is 29.3 Å². The van der Waals surface area contributed by atoms with E-state index in [2.05, 4.69) is 42.8 Å². The average Bonchev–Trinajstić information content (AvgIpc) is 2.71. The number of unbranched alkanes of at least 4 members (excludes halogenated alkanes) is 1. The Bertz CT molecular complexity index is 359. The Labute approximate surface area is 102 Å². The fourth-order valence-electron chi connectivity index (χ4n) is 1.44. The van der Waals surface area contributed by atoms with Crippen LogP contribution in [0.1, 0.15) is 29.5 Å². The van der Waals surface area contributed by atoms with Crippen molar-refractivity contribution in [1.29, 1.82) is 0 Å². The van der Waals surface area contributed by atoms with E-state index in [-0.39, 0.29) is 0 Å². The lowest BCUT2D eigenvalue weighted by Gasteiger charge is -2.14. The van der Waals surface area contributed by atoms with Gasteiger partial charge >= 0.3 is 0 Å². The van der Waals surface area contributed by atoms with Gasteiger partial charge in [0.15, 0.2) is 0 Å². The van der Waals surface area contributed by atoms with Crippen LogP contribution in [0.15, 0.2) is 12.1 Å². The van der Waals surface area contributed by atoms with Crippen LogP contribution in [-0.4, -0.2) is 25.0 Å². The van der Waals surface area contributed by atoms with E-state index >= 15 is 0 Å². The monoisotopic (exact) mass is 236 g/mol. The van der Waals surface area contributed by atoms with E-state index in [0.29, 0.717) is 6.54 Å². The molecule has 0 spiro atoms. The minimum absolute atomic E-state index is 0.434. The second-order valence-corrected chi connectivity index (χ2v) is 5.03. The van der Waals surface area contributed by atoms with Crippen LogP contribution >= 0.6 is 11.3 Å². The van der Waals surface area contributed by atoms with Crippen LogP contribution < -0.4 is 5.73 Å². The van der Waals surface area contributed by atoms with E-state index < -0.39 is 0 Å². The smallest absolute Gasteiger partial charge is 0.0772 e. The Kier molecular flexibility index (Phi) is 6.17. The number of nitrogens with zero attached hydrogens (tertiary/aromatic N) is 1. The van der Waals surface area contributed by atoms with Crippen LogP contribution in [-0.2, 0) is 6.54 Å². The van der Waals surface area contributed by atoms with Gasteiger partial charge in [-0.15, -0.1) is 11.3 Å². The molecule has 0 radical (unpaired) electrons. The van der Waals surface area contributed by atoms with Gasteiger partial charge in [-0.2, -0.15) is 0 Å². The first-order valence-electron chi connectivity index (χ1n) is 5.72. The molecule has 2 nitrogen and oxygen atoms in total. The molecule has 0 bridgehead atoms. The van der Waals surface area contributed by atoms with Crippen molar-refractivity contribution in [2.45, 2.75) is 26.3 Å². The van der Waals surface area contributed by atoms with Gasteiger partial charge in [0.1, 0.15) is 0 Å². The molecule has 1 aromatic rings. The summed E-state index contributed by atoms with van der Waals surface area (Å²) in [6.45, 7) is 4.84. The molecule has 0 atom stereocenters. The molecule has 16 heavy (non-hydrogen) atoms. The maximum atomic E-state index is 5.34. The second-order valence-electron chi connectivity index (χ2n) is 3.86. The summed E-state index contributed by atoms with van der Waals surface area (Å²) >= 11 is 1.76. The first-order valence-corrected chi connectivity index (χ1v) is 6.54. The number of hydrogen-bond donors (Lipinski definition) is 1. The molecule has 0 amide bonds. The van der Waals surface area contributed by atoms with Crippen LogP contribution in [0.25, 0.3) is 0 Å². The minimum Gasteiger partial charge on any atom is -0.320 e. The van der Waals surface area contributed by atoms with Gasteiger partial charge in [-0.25, -0.2) is 0 Å². The minimum atomic E-state index is 0.434. The van der Waals surface area contributed by atoms with E-state index in [4.69, 9.17) is 5.73 Å². The third-order valence-corrected chi connectivity index (χ3v) is 3.28. The number of hydrogen-bond acceptors (Lipinski definition) is 3. The van der Waals surface area contributed by atoms with Crippen molar-refractivity contribution in [2.75, 3.05) is 20.1 Å².